The number of carbonyl (C=O) groups excluding carboxylic acids is 2. The molecule has 2 fully saturated rings. The zero-order valence-corrected chi connectivity index (χ0v) is 13.8. The molecule has 2 amide bonds. The van der Waals surface area contributed by atoms with Crippen LogP contribution in [-0.4, -0.2) is 36.3 Å². The van der Waals surface area contributed by atoms with E-state index in [-0.39, 0.29) is 17.2 Å². The Morgan fingerprint density at radius 1 is 1.33 bits per heavy atom. The molecule has 1 N–H and O–H groups in total. The van der Waals surface area contributed by atoms with Gasteiger partial charge in [-0.1, -0.05) is 11.6 Å². The molecular weight excluding hydrogens is 356 g/mol. The number of likely N-dealkylation sites (tertiary alicyclic amines) is 1. The van der Waals surface area contributed by atoms with Crippen LogP contribution in [0.5, 0.6) is 0 Å². The third kappa shape index (κ3) is 2.94. The van der Waals surface area contributed by atoms with E-state index in [1.165, 1.54) is 0 Å². The van der Waals surface area contributed by atoms with E-state index in [4.69, 9.17) is 11.6 Å². The lowest BCUT2D eigenvalue weighted by Gasteiger charge is -2.38. The van der Waals surface area contributed by atoms with Crippen LogP contribution < -0.4 is 5.32 Å². The minimum absolute atomic E-state index is 0.0191. The summed E-state index contributed by atoms with van der Waals surface area (Å²) in [7, 11) is 0. The number of amides is 2. The molecule has 3 rings (SSSR count). The number of nitrogens with zero attached hydrogens (tertiary/aromatic N) is 1. The van der Waals surface area contributed by atoms with Gasteiger partial charge in [-0.25, -0.2) is 0 Å². The monoisotopic (exact) mass is 370 g/mol. The highest BCUT2D eigenvalue weighted by Gasteiger charge is 2.41. The molecule has 2 aliphatic heterocycles. The molecule has 0 bridgehead atoms. The Morgan fingerprint density at radius 2 is 2.05 bits per heavy atom. The molecule has 0 atom stereocenters. The Balaban J connectivity index is 1.69. The van der Waals surface area contributed by atoms with Crippen molar-refractivity contribution >= 4 is 39.3 Å². The standard InChI is InChI=1S/C15H16BrClN2O2/c16-12-7-10(17)1-2-11(12)14(21)19-5-3-15(4-6-19)8-13(20)18-9-15/h1-2,7H,3-6,8-9H2,(H,18,20). The van der Waals surface area contributed by atoms with Crippen LogP contribution in [0.25, 0.3) is 0 Å². The molecule has 2 aliphatic rings. The van der Waals surface area contributed by atoms with Crippen LogP contribution in [0, 0.1) is 5.41 Å². The fraction of sp³-hybridized carbons (Fsp3) is 0.467. The van der Waals surface area contributed by atoms with Crippen LogP contribution in [0.15, 0.2) is 22.7 Å². The van der Waals surface area contributed by atoms with Crippen molar-refractivity contribution in [2.75, 3.05) is 19.6 Å². The maximum absolute atomic E-state index is 12.6. The molecule has 1 aromatic carbocycles. The molecule has 0 aliphatic carbocycles. The number of rotatable bonds is 1. The summed E-state index contributed by atoms with van der Waals surface area (Å²) in [5.74, 6) is 0.154. The summed E-state index contributed by atoms with van der Waals surface area (Å²) in [6, 6.07) is 5.21. The van der Waals surface area contributed by atoms with Crippen molar-refractivity contribution in [1.82, 2.24) is 10.2 Å². The highest BCUT2D eigenvalue weighted by Crippen LogP contribution is 2.38. The summed E-state index contributed by atoms with van der Waals surface area (Å²) >= 11 is 9.30. The van der Waals surface area contributed by atoms with Gasteiger partial charge >= 0.3 is 0 Å². The van der Waals surface area contributed by atoms with E-state index >= 15 is 0 Å². The molecular formula is C15H16BrClN2O2. The van der Waals surface area contributed by atoms with Gasteiger partial charge in [-0.05, 0) is 52.4 Å². The first-order valence-corrected chi connectivity index (χ1v) is 8.17. The van der Waals surface area contributed by atoms with Gasteiger partial charge in [0.25, 0.3) is 5.91 Å². The summed E-state index contributed by atoms with van der Waals surface area (Å²) < 4.78 is 0.720. The highest BCUT2D eigenvalue weighted by atomic mass is 79.9. The Hall–Kier alpha value is -1.07. The largest absolute Gasteiger partial charge is 0.356 e. The molecule has 1 aromatic rings. The molecule has 2 saturated heterocycles. The minimum atomic E-state index is 0.0191. The van der Waals surface area contributed by atoms with Gasteiger partial charge in [-0.15, -0.1) is 0 Å². The second-order valence-corrected chi connectivity index (χ2v) is 7.16. The van der Waals surface area contributed by atoms with Crippen LogP contribution in [0.4, 0.5) is 0 Å². The Bertz CT molecular complexity index is 597. The number of piperidine rings is 1. The van der Waals surface area contributed by atoms with E-state index in [1.807, 2.05) is 4.90 Å². The van der Waals surface area contributed by atoms with E-state index in [1.54, 1.807) is 18.2 Å². The normalized spacial score (nSPS) is 20.7. The van der Waals surface area contributed by atoms with Crippen LogP contribution in [-0.2, 0) is 4.79 Å². The predicted octanol–water partition coefficient (Wildman–Crippen LogP) is 2.84. The maximum Gasteiger partial charge on any atom is 0.254 e. The number of hydrogen-bond acceptors (Lipinski definition) is 2. The van der Waals surface area contributed by atoms with Crippen molar-refractivity contribution in [3.63, 3.8) is 0 Å². The van der Waals surface area contributed by atoms with E-state index in [2.05, 4.69) is 21.2 Å². The van der Waals surface area contributed by atoms with Crippen LogP contribution in [0.2, 0.25) is 5.02 Å². The number of hydrogen-bond donors (Lipinski definition) is 1. The Morgan fingerprint density at radius 3 is 2.62 bits per heavy atom. The van der Waals surface area contributed by atoms with Gasteiger partial charge in [0, 0.05) is 35.6 Å². The van der Waals surface area contributed by atoms with Crippen molar-refractivity contribution in [2.24, 2.45) is 5.41 Å². The van der Waals surface area contributed by atoms with Crippen molar-refractivity contribution in [3.8, 4) is 0 Å². The summed E-state index contributed by atoms with van der Waals surface area (Å²) in [5, 5.41) is 3.51. The smallest absolute Gasteiger partial charge is 0.254 e. The molecule has 6 heteroatoms. The second-order valence-electron chi connectivity index (χ2n) is 5.87. The molecule has 0 unspecified atom stereocenters. The topological polar surface area (TPSA) is 49.4 Å². The SMILES string of the molecule is O=C1CC2(CCN(C(=O)c3ccc(Cl)cc3Br)CC2)CN1. The first-order chi connectivity index (χ1) is 9.99. The summed E-state index contributed by atoms with van der Waals surface area (Å²) in [4.78, 5) is 25.9. The molecule has 4 nitrogen and oxygen atoms in total. The lowest BCUT2D eigenvalue weighted by Crippen LogP contribution is -2.44. The quantitative estimate of drug-likeness (QED) is 0.825. The molecule has 0 saturated carbocycles. The zero-order chi connectivity index (χ0) is 15.0. The molecule has 2 heterocycles. The van der Waals surface area contributed by atoms with E-state index in [0.717, 1.165) is 23.9 Å². The average Bonchev–Trinajstić information content (AvgIpc) is 2.80. The second kappa shape index (κ2) is 5.61. The molecule has 112 valence electrons. The number of carbonyl (C=O) groups is 2. The molecule has 21 heavy (non-hydrogen) atoms. The van der Waals surface area contributed by atoms with Gasteiger partial charge in [0.15, 0.2) is 0 Å². The van der Waals surface area contributed by atoms with Crippen molar-refractivity contribution in [3.05, 3.63) is 33.3 Å². The first-order valence-electron chi connectivity index (χ1n) is 7.00. The predicted molar refractivity (Wildman–Crippen MR) is 84.3 cm³/mol. The summed E-state index contributed by atoms with van der Waals surface area (Å²) in [6.07, 6.45) is 2.35. The first kappa shape index (κ1) is 14.9. The highest BCUT2D eigenvalue weighted by molar-refractivity contribution is 9.10. The fourth-order valence-corrected chi connectivity index (χ4v) is 3.97. The zero-order valence-electron chi connectivity index (χ0n) is 11.5. The number of nitrogens with one attached hydrogen (secondary N) is 1. The Labute approximate surface area is 137 Å². The van der Waals surface area contributed by atoms with Gasteiger partial charge < -0.3 is 10.2 Å². The van der Waals surface area contributed by atoms with Crippen molar-refractivity contribution < 1.29 is 9.59 Å². The summed E-state index contributed by atoms with van der Waals surface area (Å²) in [6.45, 7) is 2.14. The van der Waals surface area contributed by atoms with Crippen LogP contribution in [0.3, 0.4) is 0 Å². The summed E-state index contributed by atoms with van der Waals surface area (Å²) in [5.41, 5.74) is 0.696. The van der Waals surface area contributed by atoms with Crippen LogP contribution >= 0.6 is 27.5 Å². The van der Waals surface area contributed by atoms with Gasteiger partial charge in [-0.3, -0.25) is 9.59 Å². The van der Waals surface area contributed by atoms with E-state index in [9.17, 15) is 9.59 Å². The molecule has 0 aromatic heterocycles. The third-order valence-electron chi connectivity index (χ3n) is 4.47. The fourth-order valence-electron chi connectivity index (χ4n) is 3.12. The molecule has 0 radical (unpaired) electrons. The van der Waals surface area contributed by atoms with Crippen LogP contribution in [0.1, 0.15) is 29.6 Å². The van der Waals surface area contributed by atoms with E-state index in [0.29, 0.717) is 30.1 Å². The lowest BCUT2D eigenvalue weighted by atomic mass is 9.77. The minimum Gasteiger partial charge on any atom is -0.356 e. The van der Waals surface area contributed by atoms with Gasteiger partial charge in [-0.2, -0.15) is 0 Å². The molecule has 1 spiro atoms. The van der Waals surface area contributed by atoms with Gasteiger partial charge in [0.1, 0.15) is 0 Å². The maximum atomic E-state index is 12.6. The van der Waals surface area contributed by atoms with Crippen molar-refractivity contribution in [2.45, 2.75) is 19.3 Å². The van der Waals surface area contributed by atoms with Gasteiger partial charge in [0.05, 0.1) is 5.56 Å². The Kier molecular flexibility index (Phi) is 3.97. The number of benzene rings is 1. The average molecular weight is 372 g/mol. The van der Waals surface area contributed by atoms with Crippen molar-refractivity contribution in [1.29, 1.82) is 0 Å². The van der Waals surface area contributed by atoms with Gasteiger partial charge in [0.2, 0.25) is 5.91 Å². The third-order valence-corrected chi connectivity index (χ3v) is 5.36. The lowest BCUT2D eigenvalue weighted by molar-refractivity contribution is -0.119. The number of halogens is 2. The van der Waals surface area contributed by atoms with E-state index < -0.39 is 0 Å².